The van der Waals surface area contributed by atoms with Crippen LogP contribution >= 0.6 is 34.9 Å². The molecule has 238 valence electrons. The Morgan fingerprint density at radius 2 is 1.93 bits per heavy atom. The summed E-state index contributed by atoms with van der Waals surface area (Å²) in [6.07, 6.45) is -3.52. The highest BCUT2D eigenvalue weighted by atomic mass is 32.2. The number of carbonyl (C=O) groups excluding carboxylic acids is 1. The lowest BCUT2D eigenvalue weighted by molar-refractivity contribution is -0.137. The molecule has 3 aliphatic rings. The molecule has 3 aliphatic heterocycles. The van der Waals surface area contributed by atoms with Gasteiger partial charge in [-0.05, 0) is 37.6 Å². The zero-order chi connectivity index (χ0) is 32.7. The Bertz CT molecular complexity index is 2050. The van der Waals surface area contributed by atoms with Gasteiger partial charge in [-0.25, -0.2) is 4.79 Å². The van der Waals surface area contributed by atoms with E-state index in [-0.39, 0.29) is 69.4 Å². The minimum absolute atomic E-state index is 0.0534. The Labute approximate surface area is 275 Å². The van der Waals surface area contributed by atoms with Crippen molar-refractivity contribution in [2.24, 2.45) is 5.41 Å². The molecule has 2 atom stereocenters. The zero-order valence-corrected chi connectivity index (χ0v) is 27.4. The maximum Gasteiger partial charge on any atom is 0.417 e. The molecule has 0 bridgehead atoms. The SMILES string of the molecule is C=CC(=O)N1[C@H](C)CN(c2nc(=O)n3c4c(c(-c5cccc6sc(N)c(C#N)c56)c(C(F)(F)F)cc24)SCC2(CSC2)C3)C[C@@H]1C. The molecular formula is C32H29F3N6O2S3. The Hall–Kier alpha value is -3.67. The number of benzene rings is 2. The molecule has 1 spiro atoms. The molecule has 2 aromatic carbocycles. The lowest BCUT2D eigenvalue weighted by Crippen LogP contribution is -2.58. The summed E-state index contributed by atoms with van der Waals surface area (Å²) in [7, 11) is 0. The van der Waals surface area contributed by atoms with E-state index in [2.05, 4.69) is 17.6 Å². The summed E-state index contributed by atoms with van der Waals surface area (Å²) < 4.78 is 48.1. The molecule has 1 amide bonds. The van der Waals surface area contributed by atoms with Crippen LogP contribution < -0.4 is 16.3 Å². The second kappa shape index (κ2) is 11.0. The molecule has 2 fully saturated rings. The van der Waals surface area contributed by atoms with Gasteiger partial charge in [0.15, 0.2) is 0 Å². The second-order valence-corrected chi connectivity index (χ2v) is 15.3. The number of halogens is 3. The van der Waals surface area contributed by atoms with Gasteiger partial charge in [0.05, 0.1) is 16.6 Å². The van der Waals surface area contributed by atoms with Crippen molar-refractivity contribution in [3.8, 4) is 17.2 Å². The Kier molecular flexibility index (Phi) is 7.37. The number of hydrogen-bond donors (Lipinski definition) is 1. The van der Waals surface area contributed by atoms with Crippen molar-refractivity contribution in [1.82, 2.24) is 14.5 Å². The van der Waals surface area contributed by atoms with Crippen molar-refractivity contribution < 1.29 is 18.0 Å². The van der Waals surface area contributed by atoms with E-state index >= 15 is 13.2 Å². The number of aromatic nitrogens is 2. The number of anilines is 2. The normalized spacial score (nSPS) is 20.9. The number of fused-ring (bicyclic) bond motifs is 1. The quantitative estimate of drug-likeness (QED) is 0.255. The van der Waals surface area contributed by atoms with E-state index in [0.29, 0.717) is 32.8 Å². The first kappa shape index (κ1) is 31.0. The third-order valence-corrected chi connectivity index (χ3v) is 13.2. The third-order valence-electron chi connectivity index (χ3n) is 9.11. The van der Waals surface area contributed by atoms with Crippen LogP contribution in [-0.4, -0.2) is 62.8 Å². The van der Waals surface area contributed by atoms with Gasteiger partial charge in [0.2, 0.25) is 5.91 Å². The van der Waals surface area contributed by atoms with Crippen LogP contribution in [0.1, 0.15) is 25.0 Å². The van der Waals surface area contributed by atoms with Crippen LogP contribution in [0.2, 0.25) is 0 Å². The molecule has 14 heteroatoms. The third kappa shape index (κ3) is 4.69. The Morgan fingerprint density at radius 1 is 1.22 bits per heavy atom. The Balaban J connectivity index is 1.56. The predicted octanol–water partition coefficient (Wildman–Crippen LogP) is 6.20. The van der Waals surface area contributed by atoms with E-state index in [1.54, 1.807) is 39.4 Å². The van der Waals surface area contributed by atoms with Gasteiger partial charge in [-0.15, -0.1) is 23.1 Å². The first-order chi connectivity index (χ1) is 21.9. The molecule has 2 aromatic heterocycles. The number of nitrogens with two attached hydrogens (primary N) is 1. The number of nitriles is 1. The average molecular weight is 683 g/mol. The summed E-state index contributed by atoms with van der Waals surface area (Å²) in [4.78, 5) is 34.9. The summed E-state index contributed by atoms with van der Waals surface area (Å²) in [6.45, 7) is 8.23. The number of alkyl halides is 3. The monoisotopic (exact) mass is 682 g/mol. The highest BCUT2D eigenvalue weighted by Gasteiger charge is 2.44. The van der Waals surface area contributed by atoms with E-state index in [9.17, 15) is 14.9 Å². The molecule has 0 aliphatic carbocycles. The van der Waals surface area contributed by atoms with Gasteiger partial charge >= 0.3 is 11.9 Å². The van der Waals surface area contributed by atoms with Crippen molar-refractivity contribution >= 4 is 72.6 Å². The first-order valence-electron chi connectivity index (χ1n) is 14.7. The Morgan fingerprint density at radius 3 is 2.54 bits per heavy atom. The maximum atomic E-state index is 15.3. The first-order valence-corrected chi connectivity index (χ1v) is 17.6. The fourth-order valence-electron chi connectivity index (χ4n) is 7.11. The van der Waals surface area contributed by atoms with Crippen LogP contribution in [0.25, 0.3) is 32.1 Å². The van der Waals surface area contributed by atoms with Crippen molar-refractivity contribution in [2.75, 3.05) is 41.0 Å². The van der Waals surface area contributed by atoms with E-state index in [1.807, 2.05) is 18.7 Å². The van der Waals surface area contributed by atoms with Crippen LogP contribution in [-0.2, 0) is 17.5 Å². The van der Waals surface area contributed by atoms with Gasteiger partial charge in [-0.3, -0.25) is 9.36 Å². The van der Waals surface area contributed by atoms with E-state index < -0.39 is 17.4 Å². The molecule has 46 heavy (non-hydrogen) atoms. The van der Waals surface area contributed by atoms with Gasteiger partial charge in [-0.2, -0.15) is 35.2 Å². The molecule has 7 rings (SSSR count). The number of carbonyl (C=O) groups is 1. The number of amides is 1. The van der Waals surface area contributed by atoms with E-state index in [0.717, 1.165) is 28.9 Å². The highest BCUT2D eigenvalue weighted by Crippen LogP contribution is 2.54. The highest BCUT2D eigenvalue weighted by molar-refractivity contribution is 8.01. The number of piperazine rings is 1. The van der Waals surface area contributed by atoms with Crippen molar-refractivity contribution in [2.45, 2.75) is 43.5 Å². The van der Waals surface area contributed by atoms with Gasteiger partial charge in [-0.1, -0.05) is 18.7 Å². The van der Waals surface area contributed by atoms with Crippen LogP contribution in [0.4, 0.5) is 24.0 Å². The summed E-state index contributed by atoms with van der Waals surface area (Å²) in [5.41, 5.74) is 5.29. The van der Waals surface area contributed by atoms with Crippen molar-refractivity contribution in [3.63, 3.8) is 0 Å². The smallest absolute Gasteiger partial charge is 0.389 e. The predicted molar refractivity (Wildman–Crippen MR) is 180 cm³/mol. The summed E-state index contributed by atoms with van der Waals surface area (Å²) in [5, 5.41) is 10.9. The molecular weight excluding hydrogens is 654 g/mol. The van der Waals surface area contributed by atoms with E-state index in [1.165, 1.54) is 17.8 Å². The minimum Gasteiger partial charge on any atom is -0.389 e. The van der Waals surface area contributed by atoms with Crippen molar-refractivity contribution in [3.05, 3.63) is 58.5 Å². The summed E-state index contributed by atoms with van der Waals surface area (Å²) in [6, 6.07) is 7.64. The van der Waals surface area contributed by atoms with Crippen LogP contribution in [0, 0.1) is 16.7 Å². The molecule has 5 heterocycles. The maximum absolute atomic E-state index is 15.3. The van der Waals surface area contributed by atoms with Crippen molar-refractivity contribution in [1.29, 1.82) is 5.26 Å². The van der Waals surface area contributed by atoms with Gasteiger partial charge in [0.1, 0.15) is 16.9 Å². The second-order valence-electron chi connectivity index (χ2n) is 12.3. The molecule has 4 aromatic rings. The summed E-state index contributed by atoms with van der Waals surface area (Å²) >= 11 is 4.26. The molecule has 0 unspecified atom stereocenters. The fourth-order valence-corrected chi connectivity index (χ4v) is 10.9. The number of nitrogens with zero attached hydrogens (tertiary/aromatic N) is 5. The molecule has 8 nitrogen and oxygen atoms in total. The lowest BCUT2D eigenvalue weighted by Gasteiger charge is -2.44. The number of hydrogen-bond acceptors (Lipinski definition) is 9. The standard InChI is InChI=1S/C32H29F3N6O2S3/c1-4-23(42)41-16(2)10-39(11-17(41)3)29-19-8-21(32(33,34)35)25(18-6-5-7-22-24(18)20(9-36)28(37)46-22)27-26(19)40(30(43)38-29)12-31(15-45-27)13-44-14-31/h4-8,16-17H,1,10-15,37H2,2-3H3/t16-,17+. The fraction of sp³-hybridized carbons (Fsp3) is 0.375. The van der Waals surface area contributed by atoms with E-state index in [4.69, 9.17) is 5.73 Å². The minimum atomic E-state index is -4.78. The molecule has 0 saturated carbocycles. The molecule has 2 N–H and O–H groups in total. The van der Waals surface area contributed by atoms with Gasteiger partial charge in [0.25, 0.3) is 0 Å². The number of thioether (sulfide) groups is 2. The number of rotatable bonds is 3. The average Bonchev–Trinajstić information content (AvgIpc) is 3.19. The van der Waals surface area contributed by atoms with Crippen LogP contribution in [0.5, 0.6) is 0 Å². The van der Waals surface area contributed by atoms with Crippen LogP contribution in [0.15, 0.2) is 46.6 Å². The van der Waals surface area contributed by atoms with Gasteiger partial charge < -0.3 is 15.5 Å². The number of nitrogen functional groups attached to an aromatic ring is 1. The van der Waals surface area contributed by atoms with Crippen LogP contribution in [0.3, 0.4) is 0 Å². The molecule has 2 saturated heterocycles. The number of thiophene rings is 1. The molecule has 0 radical (unpaired) electrons. The largest absolute Gasteiger partial charge is 0.417 e. The van der Waals surface area contributed by atoms with Gasteiger partial charge in [0, 0.05) is 80.3 Å². The zero-order valence-electron chi connectivity index (χ0n) is 25.0. The lowest BCUT2D eigenvalue weighted by atomic mass is 9.92. The topological polar surface area (TPSA) is 108 Å². The summed E-state index contributed by atoms with van der Waals surface area (Å²) in [5.74, 6) is 2.05.